The predicted octanol–water partition coefficient (Wildman–Crippen LogP) is 4.13. The number of carbonyl (C=O) groups is 1. The zero-order valence-corrected chi connectivity index (χ0v) is 13.6. The van der Waals surface area contributed by atoms with Crippen molar-refractivity contribution < 1.29 is 14.0 Å². The fraction of sp³-hybridized carbons (Fsp3) is 0.929. The van der Waals surface area contributed by atoms with E-state index >= 15 is 0 Å². The van der Waals surface area contributed by atoms with Crippen molar-refractivity contribution in [1.82, 2.24) is 0 Å². The maximum Gasteiger partial charge on any atom is 0.305 e. The van der Waals surface area contributed by atoms with Crippen molar-refractivity contribution in [3.63, 3.8) is 0 Å². The normalized spacial score (nSPS) is 11.6. The van der Waals surface area contributed by atoms with Crippen LogP contribution in [0.25, 0.3) is 0 Å². The Labute approximate surface area is 113 Å². The molecular formula is C14H30O3Si. The molecule has 18 heavy (non-hydrogen) atoms. The van der Waals surface area contributed by atoms with E-state index in [1.165, 1.54) is 25.7 Å². The van der Waals surface area contributed by atoms with Crippen molar-refractivity contribution in [2.75, 3.05) is 13.2 Å². The first-order valence-corrected chi connectivity index (χ1v) is 10.7. The molecule has 0 aliphatic carbocycles. The quantitative estimate of drug-likeness (QED) is 0.323. The first-order chi connectivity index (χ1) is 8.45. The molecule has 0 fully saturated rings. The summed E-state index contributed by atoms with van der Waals surface area (Å²) in [6, 6.07) is 0. The average molecular weight is 274 g/mol. The smallest absolute Gasteiger partial charge is 0.305 e. The van der Waals surface area contributed by atoms with Gasteiger partial charge >= 0.3 is 5.97 Å². The van der Waals surface area contributed by atoms with Gasteiger partial charge in [0.15, 0.2) is 8.32 Å². The van der Waals surface area contributed by atoms with E-state index in [0.717, 1.165) is 12.8 Å². The lowest BCUT2D eigenvalue weighted by molar-refractivity contribution is -0.144. The molecule has 0 rings (SSSR count). The molecule has 0 aromatic heterocycles. The molecule has 108 valence electrons. The van der Waals surface area contributed by atoms with Crippen LogP contribution in [0, 0.1) is 0 Å². The number of carbonyl (C=O) groups excluding carboxylic acids is 1. The van der Waals surface area contributed by atoms with Crippen LogP contribution in [-0.4, -0.2) is 27.5 Å². The highest BCUT2D eigenvalue weighted by molar-refractivity contribution is 6.69. The van der Waals surface area contributed by atoms with E-state index in [4.69, 9.17) is 9.16 Å². The monoisotopic (exact) mass is 274 g/mol. The summed E-state index contributed by atoms with van der Waals surface area (Å²) >= 11 is 0. The Hall–Kier alpha value is -0.353. The highest BCUT2D eigenvalue weighted by Gasteiger charge is 2.13. The Balaban J connectivity index is 3.28. The zero-order chi connectivity index (χ0) is 13.9. The molecule has 0 aromatic rings. The van der Waals surface area contributed by atoms with Crippen molar-refractivity contribution in [1.29, 1.82) is 0 Å². The molecule has 0 unspecified atom stereocenters. The van der Waals surface area contributed by atoms with Crippen molar-refractivity contribution in [3.05, 3.63) is 0 Å². The van der Waals surface area contributed by atoms with E-state index in [-0.39, 0.29) is 5.97 Å². The number of esters is 1. The minimum absolute atomic E-state index is 0.0790. The molecule has 0 radical (unpaired) electrons. The van der Waals surface area contributed by atoms with Crippen LogP contribution in [0.15, 0.2) is 0 Å². The largest absolute Gasteiger partial charge is 0.463 e. The Morgan fingerprint density at radius 1 is 0.944 bits per heavy atom. The minimum Gasteiger partial charge on any atom is -0.463 e. The lowest BCUT2D eigenvalue weighted by Gasteiger charge is -2.16. The summed E-state index contributed by atoms with van der Waals surface area (Å²) in [6.07, 6.45) is 7.74. The second-order valence-electron chi connectivity index (χ2n) is 5.70. The third-order valence-electron chi connectivity index (χ3n) is 2.62. The molecule has 0 heterocycles. The SMILES string of the molecule is CCCCCCCCC(=O)OCCO[Si](C)(C)C. The molecule has 0 N–H and O–H groups in total. The minimum atomic E-state index is -1.46. The molecule has 4 heteroatoms. The van der Waals surface area contributed by atoms with Gasteiger partial charge in [0.1, 0.15) is 6.61 Å². The lowest BCUT2D eigenvalue weighted by atomic mass is 10.1. The Kier molecular flexibility index (Phi) is 10.4. The molecule has 0 aromatic carbocycles. The molecule has 3 nitrogen and oxygen atoms in total. The molecular weight excluding hydrogens is 244 g/mol. The van der Waals surface area contributed by atoms with Gasteiger partial charge in [-0.3, -0.25) is 4.79 Å². The summed E-state index contributed by atoms with van der Waals surface area (Å²) in [6.45, 7) is 9.54. The lowest BCUT2D eigenvalue weighted by Crippen LogP contribution is -2.27. The van der Waals surface area contributed by atoms with E-state index in [1.54, 1.807) is 0 Å². The molecule has 0 saturated heterocycles. The fourth-order valence-corrected chi connectivity index (χ4v) is 2.32. The summed E-state index contributed by atoms with van der Waals surface area (Å²) in [5.41, 5.74) is 0. The zero-order valence-electron chi connectivity index (χ0n) is 12.6. The molecule has 0 aliphatic rings. The third kappa shape index (κ3) is 13.7. The van der Waals surface area contributed by atoms with Crippen molar-refractivity contribution in [2.24, 2.45) is 0 Å². The van der Waals surface area contributed by atoms with Crippen LogP contribution in [0.1, 0.15) is 51.9 Å². The van der Waals surface area contributed by atoms with Crippen LogP contribution >= 0.6 is 0 Å². The van der Waals surface area contributed by atoms with Gasteiger partial charge < -0.3 is 9.16 Å². The first-order valence-electron chi connectivity index (χ1n) is 7.25. The maximum absolute atomic E-state index is 11.4. The molecule has 0 aliphatic heterocycles. The standard InChI is InChI=1S/C14H30O3Si/c1-5-6-7-8-9-10-11-14(15)16-12-13-17-18(2,3)4/h5-13H2,1-4H3. The van der Waals surface area contributed by atoms with E-state index in [9.17, 15) is 4.79 Å². The Morgan fingerprint density at radius 3 is 2.17 bits per heavy atom. The van der Waals surface area contributed by atoms with Gasteiger partial charge in [0.05, 0.1) is 6.61 Å². The van der Waals surface area contributed by atoms with Crippen molar-refractivity contribution >= 4 is 14.3 Å². The summed E-state index contributed by atoms with van der Waals surface area (Å²) in [5.74, 6) is -0.0790. The predicted molar refractivity (Wildman–Crippen MR) is 78.3 cm³/mol. The van der Waals surface area contributed by atoms with E-state index in [2.05, 4.69) is 26.6 Å². The Bertz CT molecular complexity index is 212. The molecule has 0 amide bonds. The second-order valence-corrected chi connectivity index (χ2v) is 10.2. The topological polar surface area (TPSA) is 35.5 Å². The average Bonchev–Trinajstić information content (AvgIpc) is 2.28. The second kappa shape index (κ2) is 10.6. The summed E-state index contributed by atoms with van der Waals surface area (Å²) in [7, 11) is -1.46. The highest BCUT2D eigenvalue weighted by Crippen LogP contribution is 2.07. The van der Waals surface area contributed by atoms with Crippen molar-refractivity contribution in [2.45, 2.75) is 71.5 Å². The number of ether oxygens (including phenoxy) is 1. The van der Waals surface area contributed by atoms with Gasteiger partial charge in [0, 0.05) is 6.42 Å². The maximum atomic E-state index is 11.4. The third-order valence-corrected chi connectivity index (χ3v) is 3.69. The van der Waals surface area contributed by atoms with E-state index < -0.39 is 8.32 Å². The molecule has 0 saturated carbocycles. The van der Waals surface area contributed by atoms with Gasteiger partial charge in [0.25, 0.3) is 0 Å². The molecule has 0 spiro atoms. The van der Waals surface area contributed by atoms with Gasteiger partial charge in [-0.25, -0.2) is 0 Å². The van der Waals surface area contributed by atoms with Crippen LogP contribution in [0.5, 0.6) is 0 Å². The molecule has 0 bridgehead atoms. The van der Waals surface area contributed by atoms with Gasteiger partial charge in [0.2, 0.25) is 0 Å². The van der Waals surface area contributed by atoms with Crippen LogP contribution in [0.2, 0.25) is 19.6 Å². The summed E-state index contributed by atoms with van der Waals surface area (Å²) in [4.78, 5) is 11.4. The van der Waals surface area contributed by atoms with Gasteiger partial charge in [-0.05, 0) is 26.1 Å². The van der Waals surface area contributed by atoms with Crippen LogP contribution < -0.4 is 0 Å². The van der Waals surface area contributed by atoms with E-state index in [0.29, 0.717) is 19.6 Å². The number of hydrogen-bond donors (Lipinski definition) is 0. The van der Waals surface area contributed by atoms with Crippen molar-refractivity contribution in [3.8, 4) is 0 Å². The first kappa shape index (κ1) is 17.6. The van der Waals surface area contributed by atoms with Gasteiger partial charge in [-0.15, -0.1) is 0 Å². The van der Waals surface area contributed by atoms with Crippen LogP contribution in [0.3, 0.4) is 0 Å². The number of hydrogen-bond acceptors (Lipinski definition) is 3. The molecule has 0 atom stereocenters. The number of rotatable bonds is 11. The van der Waals surface area contributed by atoms with Crippen LogP contribution in [0.4, 0.5) is 0 Å². The van der Waals surface area contributed by atoms with Crippen LogP contribution in [-0.2, 0) is 14.0 Å². The van der Waals surface area contributed by atoms with E-state index in [1.807, 2.05) is 0 Å². The number of unbranched alkanes of at least 4 members (excludes halogenated alkanes) is 5. The Morgan fingerprint density at radius 2 is 1.56 bits per heavy atom. The summed E-state index contributed by atoms with van der Waals surface area (Å²) < 4.78 is 10.7. The van der Waals surface area contributed by atoms with Gasteiger partial charge in [-0.1, -0.05) is 39.0 Å². The highest BCUT2D eigenvalue weighted by atomic mass is 28.4. The van der Waals surface area contributed by atoms with Gasteiger partial charge in [-0.2, -0.15) is 0 Å². The summed E-state index contributed by atoms with van der Waals surface area (Å²) in [5, 5.41) is 0. The fourth-order valence-electron chi connectivity index (χ4n) is 1.63.